The molecule has 0 radical (unpaired) electrons. The lowest BCUT2D eigenvalue weighted by atomic mass is 10.2. The Morgan fingerprint density at radius 1 is 1.41 bits per heavy atom. The molecule has 0 unspecified atom stereocenters. The maximum atomic E-state index is 12.2. The van der Waals surface area contributed by atoms with Crippen LogP contribution in [0.15, 0.2) is 39.6 Å². The zero-order valence-electron chi connectivity index (χ0n) is 11.9. The van der Waals surface area contributed by atoms with Gasteiger partial charge in [-0.05, 0) is 36.3 Å². The summed E-state index contributed by atoms with van der Waals surface area (Å²) in [6.45, 7) is 2.11. The van der Waals surface area contributed by atoms with Crippen molar-refractivity contribution < 1.29 is 9.53 Å². The number of benzene rings is 1. The van der Waals surface area contributed by atoms with Gasteiger partial charge in [-0.3, -0.25) is 14.2 Å². The van der Waals surface area contributed by atoms with E-state index in [0.717, 1.165) is 21.3 Å². The minimum absolute atomic E-state index is 0.146. The van der Waals surface area contributed by atoms with Crippen LogP contribution in [-0.4, -0.2) is 17.1 Å². The Balaban J connectivity index is 2.31. The normalized spacial score (nSPS) is 10.5. The van der Waals surface area contributed by atoms with E-state index in [0.29, 0.717) is 10.6 Å². The number of ether oxygens (including phenoxy) is 1. The molecule has 0 saturated carbocycles. The van der Waals surface area contributed by atoms with Crippen molar-refractivity contribution in [3.63, 3.8) is 0 Å². The molecule has 1 aromatic heterocycles. The van der Waals surface area contributed by atoms with E-state index >= 15 is 0 Å². The van der Waals surface area contributed by atoms with E-state index in [-0.39, 0.29) is 12.1 Å². The first kappa shape index (κ1) is 17.1. The van der Waals surface area contributed by atoms with Crippen LogP contribution in [0.5, 0.6) is 0 Å². The van der Waals surface area contributed by atoms with Gasteiger partial charge in [0.1, 0.15) is 6.54 Å². The van der Waals surface area contributed by atoms with Crippen molar-refractivity contribution in [2.24, 2.45) is 0 Å². The quantitative estimate of drug-likeness (QED) is 0.562. The van der Waals surface area contributed by atoms with Crippen molar-refractivity contribution in [1.82, 2.24) is 4.57 Å². The van der Waals surface area contributed by atoms with E-state index in [9.17, 15) is 9.59 Å². The summed E-state index contributed by atoms with van der Waals surface area (Å²) in [6, 6.07) is 9.12. The zero-order chi connectivity index (χ0) is 16.1. The lowest BCUT2D eigenvalue weighted by molar-refractivity contribution is -0.144. The van der Waals surface area contributed by atoms with Crippen LogP contribution in [-0.2, 0) is 16.1 Å². The van der Waals surface area contributed by atoms with Gasteiger partial charge in [0.15, 0.2) is 3.95 Å². The van der Waals surface area contributed by atoms with Crippen LogP contribution in [0.4, 0.5) is 0 Å². The molecule has 1 heterocycles. The maximum Gasteiger partial charge on any atom is 0.326 e. The fourth-order valence-electron chi connectivity index (χ4n) is 1.78. The minimum atomic E-state index is -0.447. The number of rotatable bonds is 5. The summed E-state index contributed by atoms with van der Waals surface area (Å²) in [5.41, 5.74) is 0.607. The molecule has 0 amide bonds. The summed E-state index contributed by atoms with van der Waals surface area (Å²) in [5.74, 6) is -0.447. The number of carbonyl (C=O) groups is 1. The van der Waals surface area contributed by atoms with Crippen molar-refractivity contribution in [2.45, 2.75) is 19.9 Å². The molecule has 2 rings (SSSR count). The van der Waals surface area contributed by atoms with E-state index in [2.05, 4.69) is 15.9 Å². The molecule has 1 aromatic carbocycles. The number of hydrogen-bond acceptors (Lipinski definition) is 5. The van der Waals surface area contributed by atoms with Crippen LogP contribution in [0.3, 0.4) is 0 Å². The SMILES string of the molecule is CCCOC(=O)Cn1c(=O)cc(-c2cccc(Br)c2)sc1=S. The van der Waals surface area contributed by atoms with Crippen molar-refractivity contribution in [3.8, 4) is 10.4 Å². The van der Waals surface area contributed by atoms with E-state index in [1.54, 1.807) is 0 Å². The van der Waals surface area contributed by atoms with Gasteiger partial charge in [0.2, 0.25) is 0 Å². The number of aromatic nitrogens is 1. The Morgan fingerprint density at radius 3 is 2.82 bits per heavy atom. The standard InChI is InChI=1S/C15H14BrNO3S2/c1-2-6-20-14(19)9-17-13(18)8-12(22-15(17)21)10-4-3-5-11(16)7-10/h3-5,7-8H,2,6,9H2,1H3. The first-order valence-corrected chi connectivity index (χ1v) is 8.69. The Morgan fingerprint density at radius 2 is 2.18 bits per heavy atom. The number of halogens is 1. The van der Waals surface area contributed by atoms with Crippen LogP contribution in [0.2, 0.25) is 0 Å². The summed E-state index contributed by atoms with van der Waals surface area (Å²) in [6.07, 6.45) is 0.742. The third-order valence-electron chi connectivity index (χ3n) is 2.80. The van der Waals surface area contributed by atoms with Gasteiger partial charge in [0.05, 0.1) is 6.61 Å². The summed E-state index contributed by atoms with van der Waals surface area (Å²) < 4.78 is 7.54. The fourth-order valence-corrected chi connectivity index (χ4v) is 3.46. The third kappa shape index (κ3) is 4.34. The number of carbonyl (C=O) groups excluding carboxylic acids is 1. The van der Waals surface area contributed by atoms with E-state index in [1.165, 1.54) is 22.0 Å². The predicted octanol–water partition coefficient (Wildman–Crippen LogP) is 4.02. The molecule has 4 nitrogen and oxygen atoms in total. The summed E-state index contributed by atoms with van der Waals surface area (Å²) in [5, 5.41) is 0. The predicted molar refractivity (Wildman–Crippen MR) is 93.8 cm³/mol. The molecule has 0 atom stereocenters. The molecule has 22 heavy (non-hydrogen) atoms. The van der Waals surface area contributed by atoms with Crippen LogP contribution in [0, 0.1) is 3.95 Å². The molecule has 7 heteroatoms. The molecule has 0 fully saturated rings. The van der Waals surface area contributed by atoms with Gasteiger partial charge in [-0.1, -0.05) is 35.0 Å². The molecule has 0 N–H and O–H groups in total. The lowest BCUT2D eigenvalue weighted by Gasteiger charge is -2.07. The van der Waals surface area contributed by atoms with Gasteiger partial charge in [-0.15, -0.1) is 11.3 Å². The Labute approximate surface area is 145 Å². The molecular weight excluding hydrogens is 386 g/mol. The summed E-state index contributed by atoms with van der Waals surface area (Å²) >= 11 is 9.95. The second kappa shape index (κ2) is 7.80. The highest BCUT2D eigenvalue weighted by atomic mass is 79.9. The Kier molecular flexibility index (Phi) is 6.05. The zero-order valence-corrected chi connectivity index (χ0v) is 15.1. The Bertz CT molecular complexity index is 767. The molecule has 0 saturated heterocycles. The van der Waals surface area contributed by atoms with Crippen molar-refractivity contribution in [1.29, 1.82) is 0 Å². The molecule has 0 aliphatic heterocycles. The highest BCUT2D eigenvalue weighted by Crippen LogP contribution is 2.25. The highest BCUT2D eigenvalue weighted by Gasteiger charge is 2.10. The van der Waals surface area contributed by atoms with E-state index < -0.39 is 5.97 Å². The number of esters is 1. The molecule has 116 valence electrons. The monoisotopic (exact) mass is 399 g/mol. The van der Waals surface area contributed by atoms with Gasteiger partial charge < -0.3 is 4.74 Å². The highest BCUT2D eigenvalue weighted by molar-refractivity contribution is 9.10. The van der Waals surface area contributed by atoms with Gasteiger partial charge in [-0.2, -0.15) is 0 Å². The average Bonchev–Trinajstić information content (AvgIpc) is 2.48. The molecule has 0 aliphatic carbocycles. The van der Waals surface area contributed by atoms with Crippen molar-refractivity contribution in [2.75, 3.05) is 6.61 Å². The molecule has 2 aromatic rings. The van der Waals surface area contributed by atoms with Crippen LogP contribution in [0.1, 0.15) is 13.3 Å². The summed E-state index contributed by atoms with van der Waals surface area (Å²) in [7, 11) is 0. The summed E-state index contributed by atoms with van der Waals surface area (Å²) in [4.78, 5) is 24.6. The van der Waals surface area contributed by atoms with Crippen molar-refractivity contribution in [3.05, 3.63) is 49.1 Å². The number of nitrogens with zero attached hydrogens (tertiary/aromatic N) is 1. The van der Waals surface area contributed by atoms with Crippen molar-refractivity contribution >= 4 is 45.5 Å². The average molecular weight is 400 g/mol. The van der Waals surface area contributed by atoms with Gasteiger partial charge in [0, 0.05) is 15.4 Å². The van der Waals surface area contributed by atoms with Gasteiger partial charge >= 0.3 is 5.97 Å². The largest absolute Gasteiger partial charge is 0.464 e. The first-order chi connectivity index (χ1) is 10.5. The maximum absolute atomic E-state index is 12.2. The van der Waals surface area contributed by atoms with Crippen LogP contribution >= 0.6 is 39.5 Å². The van der Waals surface area contributed by atoms with Crippen LogP contribution in [0.25, 0.3) is 10.4 Å². The molecular formula is C15H14BrNO3S2. The number of hydrogen-bond donors (Lipinski definition) is 0. The lowest BCUT2D eigenvalue weighted by Crippen LogP contribution is -2.25. The van der Waals surface area contributed by atoms with Gasteiger partial charge in [0.25, 0.3) is 5.56 Å². The smallest absolute Gasteiger partial charge is 0.326 e. The van der Waals surface area contributed by atoms with E-state index in [4.69, 9.17) is 17.0 Å². The minimum Gasteiger partial charge on any atom is -0.464 e. The molecule has 0 bridgehead atoms. The molecule has 0 aliphatic rings. The Hall–Kier alpha value is -1.31. The van der Waals surface area contributed by atoms with Crippen LogP contribution < -0.4 is 5.56 Å². The van der Waals surface area contributed by atoms with E-state index in [1.807, 2.05) is 31.2 Å². The molecule has 0 spiro atoms. The third-order valence-corrected chi connectivity index (χ3v) is 4.73. The second-order valence-electron chi connectivity index (χ2n) is 4.53. The topological polar surface area (TPSA) is 48.3 Å². The first-order valence-electron chi connectivity index (χ1n) is 6.68. The second-order valence-corrected chi connectivity index (χ2v) is 7.12. The van der Waals surface area contributed by atoms with Gasteiger partial charge in [-0.25, -0.2) is 0 Å². The fraction of sp³-hybridized carbons (Fsp3) is 0.267.